The minimum atomic E-state index is 0.137. The summed E-state index contributed by atoms with van der Waals surface area (Å²) < 4.78 is 0. The number of carbonyl (C=O) groups excluding carboxylic acids is 1. The second kappa shape index (κ2) is 5.99. The molecule has 2 fully saturated rings. The third-order valence-electron chi connectivity index (χ3n) is 4.43. The third kappa shape index (κ3) is 3.22. The molecule has 18 heavy (non-hydrogen) atoms. The molecular weight excluding hydrogens is 228 g/mol. The Morgan fingerprint density at radius 3 is 2.72 bits per heavy atom. The van der Waals surface area contributed by atoms with Gasteiger partial charge in [0.05, 0.1) is 0 Å². The van der Waals surface area contributed by atoms with Crippen LogP contribution in [0.15, 0.2) is 0 Å². The van der Waals surface area contributed by atoms with Crippen LogP contribution >= 0.6 is 0 Å². The minimum absolute atomic E-state index is 0.137. The third-order valence-corrected chi connectivity index (χ3v) is 4.43. The molecule has 0 saturated carbocycles. The van der Waals surface area contributed by atoms with E-state index in [1.807, 2.05) is 6.92 Å². The largest absolute Gasteiger partial charge is 0.354 e. The van der Waals surface area contributed by atoms with Crippen LogP contribution in [-0.4, -0.2) is 75.1 Å². The van der Waals surface area contributed by atoms with Crippen LogP contribution in [0.2, 0.25) is 0 Å². The molecule has 2 aliphatic heterocycles. The molecule has 0 aliphatic carbocycles. The molecule has 0 aromatic heterocycles. The molecule has 2 aliphatic rings. The Balaban J connectivity index is 1.74. The molecule has 0 bridgehead atoms. The Bertz CT molecular complexity index is 293. The van der Waals surface area contributed by atoms with Gasteiger partial charge in [-0.05, 0) is 33.1 Å². The maximum Gasteiger partial charge on any atom is 0.223 e. The zero-order valence-corrected chi connectivity index (χ0v) is 11.8. The molecule has 1 amide bonds. The van der Waals surface area contributed by atoms with Crippen molar-refractivity contribution >= 4 is 5.91 Å². The van der Waals surface area contributed by atoms with Crippen LogP contribution in [0, 0.1) is 11.8 Å². The summed E-state index contributed by atoms with van der Waals surface area (Å²) in [5.41, 5.74) is 0. The lowest BCUT2D eigenvalue weighted by Crippen LogP contribution is -2.56. The van der Waals surface area contributed by atoms with Crippen molar-refractivity contribution in [3.63, 3.8) is 0 Å². The zero-order valence-electron chi connectivity index (χ0n) is 11.8. The SMILES string of the molecule is CC(C(=O)NCC1CN(C)CCN1C)C1CNC1. The van der Waals surface area contributed by atoms with E-state index in [2.05, 4.69) is 34.5 Å². The van der Waals surface area contributed by atoms with Crippen molar-refractivity contribution in [2.75, 3.05) is 53.4 Å². The summed E-state index contributed by atoms with van der Waals surface area (Å²) in [6.07, 6.45) is 0. The first-order chi connectivity index (χ1) is 8.58. The maximum absolute atomic E-state index is 12.0. The smallest absolute Gasteiger partial charge is 0.223 e. The first-order valence-electron chi connectivity index (χ1n) is 6.95. The van der Waals surface area contributed by atoms with Crippen molar-refractivity contribution in [2.24, 2.45) is 11.8 Å². The van der Waals surface area contributed by atoms with E-state index in [0.29, 0.717) is 12.0 Å². The lowest BCUT2D eigenvalue weighted by molar-refractivity contribution is -0.127. The van der Waals surface area contributed by atoms with E-state index < -0.39 is 0 Å². The van der Waals surface area contributed by atoms with Crippen molar-refractivity contribution in [2.45, 2.75) is 13.0 Å². The van der Waals surface area contributed by atoms with Gasteiger partial charge < -0.3 is 15.5 Å². The highest BCUT2D eigenvalue weighted by molar-refractivity contribution is 5.78. The summed E-state index contributed by atoms with van der Waals surface area (Å²) in [5, 5.41) is 6.34. The molecule has 0 radical (unpaired) electrons. The molecule has 2 N–H and O–H groups in total. The zero-order chi connectivity index (χ0) is 13.1. The molecule has 104 valence electrons. The van der Waals surface area contributed by atoms with Crippen molar-refractivity contribution in [3.8, 4) is 0 Å². The molecule has 2 saturated heterocycles. The fourth-order valence-corrected chi connectivity index (χ4v) is 2.58. The Morgan fingerprint density at radius 1 is 1.39 bits per heavy atom. The van der Waals surface area contributed by atoms with Crippen molar-refractivity contribution in [1.82, 2.24) is 20.4 Å². The number of nitrogens with zero attached hydrogens (tertiary/aromatic N) is 2. The van der Waals surface area contributed by atoms with E-state index in [0.717, 1.165) is 39.3 Å². The number of carbonyl (C=O) groups is 1. The van der Waals surface area contributed by atoms with Crippen molar-refractivity contribution in [1.29, 1.82) is 0 Å². The first kappa shape index (κ1) is 13.8. The normalized spacial score (nSPS) is 28.7. The van der Waals surface area contributed by atoms with E-state index in [1.165, 1.54) is 0 Å². The number of likely N-dealkylation sites (N-methyl/N-ethyl adjacent to an activating group) is 2. The number of hydrogen-bond acceptors (Lipinski definition) is 4. The van der Waals surface area contributed by atoms with Crippen LogP contribution in [-0.2, 0) is 4.79 Å². The summed E-state index contributed by atoms with van der Waals surface area (Å²) in [6.45, 7) is 8.02. The Morgan fingerprint density at radius 2 is 2.11 bits per heavy atom. The molecule has 2 unspecified atom stereocenters. The maximum atomic E-state index is 12.0. The quantitative estimate of drug-likeness (QED) is 0.690. The molecule has 2 heterocycles. The van der Waals surface area contributed by atoms with E-state index in [4.69, 9.17) is 0 Å². The number of amides is 1. The number of piperazine rings is 1. The molecule has 5 nitrogen and oxygen atoms in total. The van der Waals surface area contributed by atoms with Gasteiger partial charge in [0, 0.05) is 38.1 Å². The highest BCUT2D eigenvalue weighted by Crippen LogP contribution is 2.15. The van der Waals surface area contributed by atoms with E-state index in [-0.39, 0.29) is 11.8 Å². The predicted molar refractivity (Wildman–Crippen MR) is 72.4 cm³/mol. The summed E-state index contributed by atoms with van der Waals surface area (Å²) in [5.74, 6) is 0.873. The van der Waals surface area contributed by atoms with E-state index in [1.54, 1.807) is 0 Å². The second-order valence-corrected chi connectivity index (χ2v) is 5.85. The van der Waals surface area contributed by atoms with Gasteiger partial charge in [-0.3, -0.25) is 9.69 Å². The molecular formula is C13H26N4O. The molecule has 0 aromatic rings. The molecule has 0 spiro atoms. The summed E-state index contributed by atoms with van der Waals surface area (Å²) >= 11 is 0. The van der Waals surface area contributed by atoms with Crippen molar-refractivity contribution in [3.05, 3.63) is 0 Å². The van der Waals surface area contributed by atoms with Gasteiger partial charge >= 0.3 is 0 Å². The Labute approximate surface area is 110 Å². The average Bonchev–Trinajstić information content (AvgIpc) is 2.27. The van der Waals surface area contributed by atoms with Gasteiger partial charge in [-0.15, -0.1) is 0 Å². The summed E-state index contributed by atoms with van der Waals surface area (Å²) in [7, 11) is 4.29. The van der Waals surface area contributed by atoms with Crippen LogP contribution in [0.3, 0.4) is 0 Å². The lowest BCUT2D eigenvalue weighted by Gasteiger charge is -2.38. The van der Waals surface area contributed by atoms with Gasteiger partial charge in [0.25, 0.3) is 0 Å². The summed E-state index contributed by atoms with van der Waals surface area (Å²) in [4.78, 5) is 16.7. The van der Waals surface area contributed by atoms with Crippen LogP contribution in [0.1, 0.15) is 6.92 Å². The number of nitrogens with one attached hydrogen (secondary N) is 2. The summed E-state index contributed by atoms with van der Waals surface area (Å²) in [6, 6.07) is 0.444. The van der Waals surface area contributed by atoms with Crippen LogP contribution < -0.4 is 10.6 Å². The topological polar surface area (TPSA) is 47.6 Å². The highest BCUT2D eigenvalue weighted by Gasteiger charge is 2.29. The van der Waals surface area contributed by atoms with Crippen LogP contribution in [0.4, 0.5) is 0 Å². The number of rotatable bonds is 4. The monoisotopic (exact) mass is 254 g/mol. The predicted octanol–water partition coefficient (Wildman–Crippen LogP) is -0.796. The fraction of sp³-hybridized carbons (Fsp3) is 0.923. The van der Waals surface area contributed by atoms with Gasteiger partial charge in [0.15, 0.2) is 0 Å². The van der Waals surface area contributed by atoms with Crippen molar-refractivity contribution < 1.29 is 4.79 Å². The fourth-order valence-electron chi connectivity index (χ4n) is 2.58. The van der Waals surface area contributed by atoms with Gasteiger partial charge in [-0.1, -0.05) is 6.92 Å². The lowest BCUT2D eigenvalue weighted by atomic mass is 9.88. The Hall–Kier alpha value is -0.650. The average molecular weight is 254 g/mol. The highest BCUT2D eigenvalue weighted by atomic mass is 16.1. The Kier molecular flexibility index (Phi) is 4.59. The van der Waals surface area contributed by atoms with E-state index >= 15 is 0 Å². The van der Waals surface area contributed by atoms with Gasteiger partial charge in [-0.2, -0.15) is 0 Å². The van der Waals surface area contributed by atoms with Crippen LogP contribution in [0.25, 0.3) is 0 Å². The first-order valence-corrected chi connectivity index (χ1v) is 6.95. The molecule has 0 aromatic carbocycles. The van der Waals surface area contributed by atoms with Crippen LogP contribution in [0.5, 0.6) is 0 Å². The second-order valence-electron chi connectivity index (χ2n) is 5.85. The van der Waals surface area contributed by atoms with Gasteiger partial charge in [0.2, 0.25) is 5.91 Å². The molecule has 2 rings (SSSR count). The minimum Gasteiger partial charge on any atom is -0.354 e. The molecule has 5 heteroatoms. The number of hydrogen-bond donors (Lipinski definition) is 2. The standard InChI is InChI=1S/C13H26N4O/c1-10(11-6-14-7-11)13(18)15-8-12-9-16(2)4-5-17(12)3/h10-12,14H,4-9H2,1-3H3,(H,15,18). The van der Waals surface area contributed by atoms with Gasteiger partial charge in [0.1, 0.15) is 0 Å². The van der Waals surface area contributed by atoms with Gasteiger partial charge in [-0.25, -0.2) is 0 Å². The molecule has 2 atom stereocenters. The van der Waals surface area contributed by atoms with E-state index in [9.17, 15) is 4.79 Å².